The third-order valence-corrected chi connectivity index (χ3v) is 6.74. The Bertz CT molecular complexity index is 1400. The average molecular weight is 504 g/mol. The largest absolute Gasteiger partial charge is 0.496 e. The van der Waals surface area contributed by atoms with Gasteiger partial charge in [-0.15, -0.1) is 0 Å². The van der Waals surface area contributed by atoms with E-state index < -0.39 is 5.92 Å². The van der Waals surface area contributed by atoms with Gasteiger partial charge in [-0.25, -0.2) is 9.40 Å². The molecule has 2 aliphatic rings. The van der Waals surface area contributed by atoms with E-state index in [9.17, 15) is 14.0 Å². The fourth-order valence-electron chi connectivity index (χ4n) is 4.72. The van der Waals surface area contributed by atoms with Gasteiger partial charge in [-0.1, -0.05) is 41.9 Å². The Kier molecular flexibility index (Phi) is 6.33. The molecule has 5 rings (SSSR count). The van der Waals surface area contributed by atoms with E-state index in [-0.39, 0.29) is 23.5 Å². The van der Waals surface area contributed by atoms with E-state index in [0.717, 1.165) is 22.4 Å². The van der Waals surface area contributed by atoms with Crippen LogP contribution in [-0.2, 0) is 4.79 Å². The lowest BCUT2D eigenvalue weighted by Crippen LogP contribution is -2.32. The minimum Gasteiger partial charge on any atom is -0.496 e. The fraction of sp³-hybridized carbons (Fsp3) is 0.179. The van der Waals surface area contributed by atoms with E-state index in [4.69, 9.17) is 16.3 Å². The van der Waals surface area contributed by atoms with E-state index in [1.165, 1.54) is 24.3 Å². The lowest BCUT2D eigenvalue weighted by atomic mass is 9.74. The van der Waals surface area contributed by atoms with Gasteiger partial charge in [0.15, 0.2) is 0 Å². The maximum Gasteiger partial charge on any atom is 0.259 e. The van der Waals surface area contributed by atoms with Crippen molar-refractivity contribution in [2.75, 3.05) is 19.5 Å². The smallest absolute Gasteiger partial charge is 0.259 e. The summed E-state index contributed by atoms with van der Waals surface area (Å²) in [4.78, 5) is 25.6. The maximum absolute atomic E-state index is 13.5. The highest BCUT2D eigenvalue weighted by Crippen LogP contribution is 2.41. The SMILES string of the molecule is COc1ccc(Cl)cc1C(=O)Nc1ccc(C2=CC(c3ccc(F)cc3)C3C(=O)N(C)N=C3C2)cc1. The van der Waals surface area contributed by atoms with Gasteiger partial charge in [0, 0.05) is 30.1 Å². The molecular weight excluding hydrogens is 481 g/mol. The van der Waals surface area contributed by atoms with Crippen molar-refractivity contribution >= 4 is 40.4 Å². The van der Waals surface area contributed by atoms with Crippen LogP contribution < -0.4 is 10.1 Å². The van der Waals surface area contributed by atoms with Gasteiger partial charge in [0.05, 0.1) is 24.3 Å². The molecule has 1 aliphatic heterocycles. The van der Waals surface area contributed by atoms with E-state index in [2.05, 4.69) is 16.5 Å². The van der Waals surface area contributed by atoms with Crippen LogP contribution in [0.25, 0.3) is 5.57 Å². The number of carbonyl (C=O) groups excluding carboxylic acids is 2. The lowest BCUT2D eigenvalue weighted by molar-refractivity contribution is -0.130. The molecule has 3 aromatic rings. The molecule has 1 aliphatic carbocycles. The first kappa shape index (κ1) is 23.8. The van der Waals surface area contributed by atoms with Gasteiger partial charge >= 0.3 is 0 Å². The molecule has 0 saturated carbocycles. The number of nitrogens with one attached hydrogen (secondary N) is 1. The van der Waals surface area contributed by atoms with Gasteiger partial charge in [-0.2, -0.15) is 5.10 Å². The number of nitrogens with zero attached hydrogens (tertiary/aromatic N) is 2. The van der Waals surface area contributed by atoms with Gasteiger partial charge in [-0.05, 0) is 59.2 Å². The molecule has 2 unspecified atom stereocenters. The molecule has 1 heterocycles. The van der Waals surface area contributed by atoms with E-state index in [1.54, 1.807) is 37.4 Å². The zero-order valence-electron chi connectivity index (χ0n) is 19.7. The van der Waals surface area contributed by atoms with Crippen LogP contribution in [0.4, 0.5) is 10.1 Å². The van der Waals surface area contributed by atoms with Crippen molar-refractivity contribution in [2.45, 2.75) is 12.3 Å². The molecular formula is C28H23ClFN3O3. The van der Waals surface area contributed by atoms with Gasteiger partial charge in [0.1, 0.15) is 11.6 Å². The van der Waals surface area contributed by atoms with Crippen molar-refractivity contribution in [3.63, 3.8) is 0 Å². The molecule has 2 atom stereocenters. The number of ether oxygens (including phenoxy) is 1. The number of amides is 2. The van der Waals surface area contributed by atoms with Crippen molar-refractivity contribution in [1.82, 2.24) is 5.01 Å². The van der Waals surface area contributed by atoms with Gasteiger partial charge in [-0.3, -0.25) is 9.59 Å². The number of fused-ring (bicyclic) bond motifs is 1. The summed E-state index contributed by atoms with van der Waals surface area (Å²) >= 11 is 6.05. The number of rotatable bonds is 5. The molecule has 0 fully saturated rings. The third kappa shape index (κ3) is 4.50. The third-order valence-electron chi connectivity index (χ3n) is 6.51. The monoisotopic (exact) mass is 503 g/mol. The van der Waals surface area contributed by atoms with Crippen LogP contribution in [0.15, 0.2) is 77.9 Å². The van der Waals surface area contributed by atoms with Crippen LogP contribution in [0.2, 0.25) is 5.02 Å². The second-order valence-corrected chi connectivity index (χ2v) is 9.19. The summed E-state index contributed by atoms with van der Waals surface area (Å²) < 4.78 is 18.8. The summed E-state index contributed by atoms with van der Waals surface area (Å²) in [5.74, 6) is -0.936. The first-order valence-electron chi connectivity index (χ1n) is 11.4. The maximum atomic E-state index is 13.5. The molecule has 8 heteroatoms. The second kappa shape index (κ2) is 9.59. The number of allylic oxidation sites excluding steroid dienone is 2. The highest BCUT2D eigenvalue weighted by Gasteiger charge is 2.42. The van der Waals surface area contributed by atoms with E-state index >= 15 is 0 Å². The summed E-state index contributed by atoms with van der Waals surface area (Å²) in [6.45, 7) is 0. The average Bonchev–Trinajstić information content (AvgIpc) is 3.17. The van der Waals surface area contributed by atoms with Crippen molar-refractivity contribution in [1.29, 1.82) is 0 Å². The first-order chi connectivity index (χ1) is 17.3. The number of halogens is 2. The Labute approximate surface area is 213 Å². The molecule has 0 bridgehead atoms. The molecule has 36 heavy (non-hydrogen) atoms. The number of anilines is 1. The van der Waals surface area contributed by atoms with Crippen molar-refractivity contribution in [3.8, 4) is 5.75 Å². The van der Waals surface area contributed by atoms with Crippen molar-refractivity contribution in [2.24, 2.45) is 11.0 Å². The highest BCUT2D eigenvalue weighted by molar-refractivity contribution is 6.31. The predicted molar refractivity (Wildman–Crippen MR) is 138 cm³/mol. The van der Waals surface area contributed by atoms with Gasteiger partial charge in [0.2, 0.25) is 0 Å². The number of hydrogen-bond donors (Lipinski definition) is 1. The molecule has 0 aromatic heterocycles. The number of carbonyl (C=O) groups is 2. The Hall–Kier alpha value is -3.97. The van der Waals surface area contributed by atoms with Crippen LogP contribution >= 0.6 is 11.6 Å². The standard InChI is InChI=1S/C28H23ClFN3O3/c1-33-28(35)26-22(17-3-8-20(30)9-4-17)13-18(14-24(26)32-33)16-5-10-21(11-6-16)31-27(34)23-15-19(29)7-12-25(23)36-2/h3-13,15,22,26H,14H2,1-2H3,(H,31,34). The molecule has 0 saturated heterocycles. The molecule has 1 N–H and O–H groups in total. The predicted octanol–water partition coefficient (Wildman–Crippen LogP) is 5.76. The Balaban J connectivity index is 1.42. The summed E-state index contributed by atoms with van der Waals surface area (Å²) in [6.07, 6.45) is 2.60. The van der Waals surface area contributed by atoms with Crippen LogP contribution in [-0.4, -0.2) is 36.7 Å². The summed E-state index contributed by atoms with van der Waals surface area (Å²) in [7, 11) is 3.15. The van der Waals surface area contributed by atoms with E-state index in [1.807, 2.05) is 24.3 Å². The number of hydrazone groups is 1. The second-order valence-electron chi connectivity index (χ2n) is 8.75. The first-order valence-corrected chi connectivity index (χ1v) is 11.8. The van der Waals surface area contributed by atoms with Crippen molar-refractivity contribution < 1.29 is 18.7 Å². The Morgan fingerprint density at radius 1 is 1.11 bits per heavy atom. The summed E-state index contributed by atoms with van der Waals surface area (Å²) in [6, 6.07) is 18.6. The van der Waals surface area contributed by atoms with Gasteiger partial charge in [0.25, 0.3) is 11.8 Å². The molecule has 3 aromatic carbocycles. The summed E-state index contributed by atoms with van der Waals surface area (Å²) in [5.41, 5.74) is 4.56. The zero-order chi connectivity index (χ0) is 25.4. The lowest BCUT2D eigenvalue weighted by Gasteiger charge is -2.27. The number of hydrogen-bond acceptors (Lipinski definition) is 4. The minimum atomic E-state index is -0.393. The van der Waals surface area contributed by atoms with Crippen LogP contribution in [0.3, 0.4) is 0 Å². The number of benzene rings is 3. The molecule has 182 valence electrons. The topological polar surface area (TPSA) is 71.0 Å². The summed E-state index contributed by atoms with van der Waals surface area (Å²) in [5, 5.41) is 9.17. The zero-order valence-corrected chi connectivity index (χ0v) is 20.4. The van der Waals surface area contributed by atoms with Crippen LogP contribution in [0.1, 0.15) is 33.8 Å². The Morgan fingerprint density at radius 2 is 1.83 bits per heavy atom. The quantitative estimate of drug-likeness (QED) is 0.481. The fourth-order valence-corrected chi connectivity index (χ4v) is 4.89. The van der Waals surface area contributed by atoms with Crippen molar-refractivity contribution in [3.05, 3.63) is 100 Å². The molecule has 0 radical (unpaired) electrons. The van der Waals surface area contributed by atoms with Crippen LogP contribution in [0, 0.1) is 11.7 Å². The molecule has 0 spiro atoms. The van der Waals surface area contributed by atoms with Crippen LogP contribution in [0.5, 0.6) is 5.75 Å². The van der Waals surface area contributed by atoms with E-state index in [0.29, 0.717) is 28.4 Å². The molecule has 6 nitrogen and oxygen atoms in total. The van der Waals surface area contributed by atoms with Gasteiger partial charge < -0.3 is 10.1 Å². The number of methoxy groups -OCH3 is 1. The normalized spacial score (nSPS) is 18.9. The Morgan fingerprint density at radius 3 is 2.53 bits per heavy atom. The molecule has 2 amide bonds. The minimum absolute atomic E-state index is 0.0656. The highest BCUT2D eigenvalue weighted by atomic mass is 35.5.